The molecule has 1 aliphatic heterocycles. The van der Waals surface area contributed by atoms with Gasteiger partial charge in [0.2, 0.25) is 5.91 Å². The van der Waals surface area contributed by atoms with E-state index in [0.717, 1.165) is 57.8 Å². The van der Waals surface area contributed by atoms with E-state index in [1.807, 2.05) is 6.08 Å². The fourth-order valence-corrected chi connectivity index (χ4v) is 9.57. The fourth-order valence-electron chi connectivity index (χ4n) is 9.57. The van der Waals surface area contributed by atoms with E-state index in [9.17, 15) is 30.3 Å². The molecular formula is C59H113NO8. The Labute approximate surface area is 419 Å². The highest BCUT2D eigenvalue weighted by atomic mass is 16.7. The average molecular weight is 965 g/mol. The second kappa shape index (κ2) is 49.3. The van der Waals surface area contributed by atoms with Crippen molar-refractivity contribution >= 4 is 5.91 Å². The Bertz CT molecular complexity index is 1120. The van der Waals surface area contributed by atoms with E-state index in [1.54, 1.807) is 6.08 Å². The molecule has 7 atom stereocenters. The maximum absolute atomic E-state index is 13.0. The molecule has 1 heterocycles. The number of unbranched alkanes of at least 4 members (excludes halogenated alkanes) is 39. The zero-order valence-electron chi connectivity index (χ0n) is 44.6. The van der Waals surface area contributed by atoms with E-state index in [0.29, 0.717) is 6.42 Å². The Balaban J connectivity index is 2.15. The number of aliphatic hydroxyl groups is 5. The minimum Gasteiger partial charge on any atom is -0.394 e. The average Bonchev–Trinajstić information content (AvgIpc) is 3.34. The predicted octanol–water partition coefficient (Wildman–Crippen LogP) is 14.6. The number of hydrogen-bond donors (Lipinski definition) is 6. The second-order valence-electron chi connectivity index (χ2n) is 20.8. The van der Waals surface area contributed by atoms with Crippen molar-refractivity contribution in [2.24, 2.45) is 0 Å². The molecule has 68 heavy (non-hydrogen) atoms. The zero-order valence-corrected chi connectivity index (χ0v) is 44.6. The Morgan fingerprint density at radius 3 is 1.19 bits per heavy atom. The summed E-state index contributed by atoms with van der Waals surface area (Å²) in [4.78, 5) is 13.0. The van der Waals surface area contributed by atoms with Crippen LogP contribution in [0.15, 0.2) is 24.3 Å². The molecule has 0 aromatic rings. The number of hydrogen-bond acceptors (Lipinski definition) is 8. The van der Waals surface area contributed by atoms with Crippen molar-refractivity contribution in [3.8, 4) is 0 Å². The maximum Gasteiger partial charge on any atom is 0.220 e. The maximum atomic E-state index is 13.0. The van der Waals surface area contributed by atoms with E-state index in [2.05, 4.69) is 31.3 Å². The van der Waals surface area contributed by atoms with Crippen molar-refractivity contribution < 1.29 is 39.8 Å². The Hall–Kier alpha value is -1.33. The van der Waals surface area contributed by atoms with Gasteiger partial charge in [0, 0.05) is 6.42 Å². The summed E-state index contributed by atoms with van der Waals surface area (Å²) in [5.41, 5.74) is 0. The quantitative estimate of drug-likeness (QED) is 0.0261. The van der Waals surface area contributed by atoms with Gasteiger partial charge in [-0.05, 0) is 44.9 Å². The Kier molecular flexibility index (Phi) is 46.9. The lowest BCUT2D eigenvalue weighted by molar-refractivity contribution is -0.302. The summed E-state index contributed by atoms with van der Waals surface area (Å²) in [5, 5.41) is 54.4. The Morgan fingerprint density at radius 1 is 0.485 bits per heavy atom. The summed E-state index contributed by atoms with van der Waals surface area (Å²) in [6.07, 6.45) is 55.5. The van der Waals surface area contributed by atoms with E-state index in [1.165, 1.54) is 212 Å². The molecule has 0 spiro atoms. The summed E-state index contributed by atoms with van der Waals surface area (Å²) >= 11 is 0. The lowest BCUT2D eigenvalue weighted by Crippen LogP contribution is -2.60. The van der Waals surface area contributed by atoms with Crippen molar-refractivity contribution in [2.75, 3.05) is 13.2 Å². The van der Waals surface area contributed by atoms with Gasteiger partial charge in [0.1, 0.15) is 24.4 Å². The molecule has 6 N–H and O–H groups in total. The van der Waals surface area contributed by atoms with E-state index in [4.69, 9.17) is 9.47 Å². The van der Waals surface area contributed by atoms with Gasteiger partial charge >= 0.3 is 0 Å². The second-order valence-corrected chi connectivity index (χ2v) is 20.8. The van der Waals surface area contributed by atoms with Gasteiger partial charge in [-0.15, -0.1) is 0 Å². The van der Waals surface area contributed by atoms with E-state index >= 15 is 0 Å². The number of nitrogens with one attached hydrogen (secondary N) is 1. The molecule has 0 aliphatic carbocycles. The standard InChI is InChI=1S/C59H113NO8/c1-3-5-7-9-11-13-15-17-19-20-21-22-23-24-25-26-27-28-29-30-31-32-33-34-35-36-38-40-42-44-46-48-53(62)52(51-67-59-58(66)57(65)56(64)54(50-61)68-59)60-55(63)49-47-45-43-41-39-37-18-16-14-12-10-8-6-4-2/h16,18,46,48,52-54,56-59,61-62,64-66H,3-15,17,19-45,47,49-51H2,1-2H3,(H,60,63)/b18-16-,48-46+. The molecule has 1 saturated heterocycles. The fraction of sp³-hybridized carbons (Fsp3) is 0.915. The molecule has 0 aromatic heterocycles. The van der Waals surface area contributed by atoms with Crippen molar-refractivity contribution in [3.63, 3.8) is 0 Å². The number of carbonyl (C=O) groups is 1. The molecular weight excluding hydrogens is 851 g/mol. The number of carbonyl (C=O) groups excluding carboxylic acids is 1. The highest BCUT2D eigenvalue weighted by Gasteiger charge is 2.44. The van der Waals surface area contributed by atoms with Crippen LogP contribution >= 0.6 is 0 Å². The first-order chi connectivity index (χ1) is 33.3. The first-order valence-electron chi connectivity index (χ1n) is 29.6. The first-order valence-corrected chi connectivity index (χ1v) is 29.6. The molecule has 9 heteroatoms. The number of allylic oxidation sites excluding steroid dienone is 3. The smallest absolute Gasteiger partial charge is 0.220 e. The van der Waals surface area contributed by atoms with Gasteiger partial charge in [-0.2, -0.15) is 0 Å². The van der Waals surface area contributed by atoms with Gasteiger partial charge in [0.25, 0.3) is 0 Å². The molecule has 0 bridgehead atoms. The largest absolute Gasteiger partial charge is 0.394 e. The summed E-state index contributed by atoms with van der Waals surface area (Å²) in [7, 11) is 0. The third kappa shape index (κ3) is 38.4. The van der Waals surface area contributed by atoms with Crippen molar-refractivity contribution in [2.45, 2.75) is 333 Å². The van der Waals surface area contributed by atoms with Gasteiger partial charge in [-0.1, -0.05) is 263 Å². The lowest BCUT2D eigenvalue weighted by Gasteiger charge is -2.40. The normalized spacial score (nSPS) is 19.7. The predicted molar refractivity (Wildman–Crippen MR) is 286 cm³/mol. The molecule has 402 valence electrons. The molecule has 9 nitrogen and oxygen atoms in total. The molecule has 0 aromatic carbocycles. The molecule has 7 unspecified atom stereocenters. The summed E-state index contributed by atoms with van der Waals surface area (Å²) in [6, 6.07) is -0.807. The molecule has 1 rings (SSSR count). The molecule has 1 fully saturated rings. The molecule has 0 radical (unpaired) electrons. The van der Waals surface area contributed by atoms with Crippen LogP contribution in [0.1, 0.15) is 290 Å². The lowest BCUT2D eigenvalue weighted by atomic mass is 9.99. The molecule has 1 aliphatic rings. The van der Waals surface area contributed by atoms with Crippen LogP contribution in [0.2, 0.25) is 0 Å². The number of aliphatic hydroxyl groups excluding tert-OH is 5. The highest BCUT2D eigenvalue weighted by molar-refractivity contribution is 5.76. The summed E-state index contributed by atoms with van der Waals surface area (Å²) < 4.78 is 11.3. The zero-order chi connectivity index (χ0) is 49.4. The van der Waals surface area contributed by atoms with Crippen LogP contribution in [0.4, 0.5) is 0 Å². The summed E-state index contributed by atoms with van der Waals surface area (Å²) in [6.45, 7) is 3.79. The monoisotopic (exact) mass is 964 g/mol. The summed E-state index contributed by atoms with van der Waals surface area (Å²) in [5.74, 6) is -0.183. The number of amides is 1. The van der Waals surface area contributed by atoms with Crippen LogP contribution in [0.3, 0.4) is 0 Å². The SMILES string of the molecule is CCCCCCC/C=C\CCCCCCCC(=O)NC(COC1OC(CO)C(O)C(O)C1O)C(O)/C=C/CCCCCCCCCCCCCCCCCCCCCCCCCCCCCCC. The van der Waals surface area contributed by atoms with E-state index < -0.39 is 49.5 Å². The first kappa shape index (κ1) is 64.7. The van der Waals surface area contributed by atoms with Crippen LogP contribution in [0, 0.1) is 0 Å². The highest BCUT2D eigenvalue weighted by Crippen LogP contribution is 2.23. The van der Waals surface area contributed by atoms with Crippen LogP contribution in [-0.2, 0) is 14.3 Å². The van der Waals surface area contributed by atoms with Crippen LogP contribution < -0.4 is 5.32 Å². The van der Waals surface area contributed by atoms with Gasteiger partial charge in [-0.3, -0.25) is 4.79 Å². The third-order valence-corrected chi connectivity index (χ3v) is 14.3. The minimum atomic E-state index is -1.57. The van der Waals surface area contributed by atoms with Crippen molar-refractivity contribution in [1.82, 2.24) is 5.32 Å². The van der Waals surface area contributed by atoms with Crippen molar-refractivity contribution in [1.29, 1.82) is 0 Å². The molecule has 0 saturated carbocycles. The van der Waals surface area contributed by atoms with Gasteiger partial charge in [-0.25, -0.2) is 0 Å². The number of ether oxygens (including phenoxy) is 2. The third-order valence-electron chi connectivity index (χ3n) is 14.3. The minimum absolute atomic E-state index is 0.183. The van der Waals surface area contributed by atoms with Crippen molar-refractivity contribution in [3.05, 3.63) is 24.3 Å². The van der Waals surface area contributed by atoms with Gasteiger partial charge < -0.3 is 40.3 Å². The van der Waals surface area contributed by atoms with Crippen LogP contribution in [0.5, 0.6) is 0 Å². The van der Waals surface area contributed by atoms with Crippen LogP contribution in [-0.4, -0.2) is 87.5 Å². The van der Waals surface area contributed by atoms with Crippen LogP contribution in [0.25, 0.3) is 0 Å². The molecule has 1 amide bonds. The van der Waals surface area contributed by atoms with Gasteiger partial charge in [0.05, 0.1) is 25.4 Å². The van der Waals surface area contributed by atoms with E-state index in [-0.39, 0.29) is 12.5 Å². The topological polar surface area (TPSA) is 149 Å². The number of rotatable bonds is 51. The Morgan fingerprint density at radius 2 is 0.824 bits per heavy atom. The van der Waals surface area contributed by atoms with Gasteiger partial charge in [0.15, 0.2) is 6.29 Å².